The molecule has 21 heavy (non-hydrogen) atoms. The molecule has 5 nitrogen and oxygen atoms in total. The molecule has 2 rings (SSSR count). The molecule has 1 fully saturated rings. The van der Waals surface area contributed by atoms with Gasteiger partial charge in [-0.15, -0.1) is 12.4 Å². The molecule has 1 saturated heterocycles. The molecule has 1 unspecified atom stereocenters. The van der Waals surface area contributed by atoms with Gasteiger partial charge in [-0.2, -0.15) is 8.78 Å². The molecule has 0 bridgehead atoms. The standard InChI is InChI=1S/C13H16F2N2O3.ClH/c14-13(15)20-11-3-1-2-9(6-11)17-12(18)7-10-8-19-5-4-16-10;/h1-3,6,10,13,16H,4-5,7-8H2,(H,17,18);1H. The Morgan fingerprint density at radius 1 is 1.52 bits per heavy atom. The van der Waals surface area contributed by atoms with Crippen LogP contribution in [0.1, 0.15) is 6.42 Å². The van der Waals surface area contributed by atoms with Gasteiger partial charge in [0.05, 0.1) is 13.2 Å². The first-order valence-corrected chi connectivity index (χ1v) is 6.29. The summed E-state index contributed by atoms with van der Waals surface area (Å²) in [6.45, 7) is -1.03. The number of hydrogen-bond acceptors (Lipinski definition) is 4. The van der Waals surface area contributed by atoms with Gasteiger partial charge in [0.15, 0.2) is 0 Å². The summed E-state index contributed by atoms with van der Waals surface area (Å²) in [7, 11) is 0. The van der Waals surface area contributed by atoms with Gasteiger partial charge in [0.25, 0.3) is 0 Å². The minimum Gasteiger partial charge on any atom is -0.435 e. The summed E-state index contributed by atoms with van der Waals surface area (Å²) < 4.78 is 33.7. The van der Waals surface area contributed by atoms with Crippen molar-refractivity contribution < 1.29 is 23.0 Å². The van der Waals surface area contributed by atoms with Crippen molar-refractivity contribution in [2.45, 2.75) is 19.1 Å². The summed E-state index contributed by atoms with van der Waals surface area (Å²) in [6.07, 6.45) is 0.264. The first kappa shape index (κ1) is 17.6. The molecule has 1 aliphatic heterocycles. The molecule has 0 aliphatic carbocycles. The monoisotopic (exact) mass is 322 g/mol. The Kier molecular flexibility index (Phi) is 7.35. The number of ether oxygens (including phenoxy) is 2. The highest BCUT2D eigenvalue weighted by Gasteiger charge is 2.17. The highest BCUT2D eigenvalue weighted by Crippen LogP contribution is 2.19. The predicted octanol–water partition coefficient (Wildman–Crippen LogP) is 2.03. The van der Waals surface area contributed by atoms with E-state index in [1.807, 2.05) is 0 Å². The van der Waals surface area contributed by atoms with Crippen molar-refractivity contribution in [1.82, 2.24) is 5.32 Å². The number of anilines is 1. The average Bonchev–Trinajstić information content (AvgIpc) is 2.39. The number of carbonyl (C=O) groups excluding carboxylic acids is 1. The van der Waals surface area contributed by atoms with E-state index in [0.29, 0.717) is 18.9 Å². The summed E-state index contributed by atoms with van der Waals surface area (Å²) in [4.78, 5) is 11.8. The van der Waals surface area contributed by atoms with Gasteiger partial charge in [-0.25, -0.2) is 0 Å². The highest BCUT2D eigenvalue weighted by molar-refractivity contribution is 5.91. The molecule has 0 radical (unpaired) electrons. The molecule has 1 aliphatic rings. The van der Waals surface area contributed by atoms with Gasteiger partial charge in [-0.3, -0.25) is 4.79 Å². The van der Waals surface area contributed by atoms with Crippen LogP contribution >= 0.6 is 12.4 Å². The molecule has 0 aromatic heterocycles. The van der Waals surface area contributed by atoms with Crippen LogP contribution in [0.15, 0.2) is 24.3 Å². The fraction of sp³-hybridized carbons (Fsp3) is 0.462. The molecule has 8 heteroatoms. The molecule has 1 heterocycles. The number of nitrogens with one attached hydrogen (secondary N) is 2. The van der Waals surface area contributed by atoms with Crippen LogP contribution in [0, 0.1) is 0 Å². The Balaban J connectivity index is 0.00000220. The van der Waals surface area contributed by atoms with Gasteiger partial charge in [0.1, 0.15) is 5.75 Å². The lowest BCUT2D eigenvalue weighted by atomic mass is 10.2. The maximum absolute atomic E-state index is 12.1. The van der Waals surface area contributed by atoms with E-state index in [4.69, 9.17) is 4.74 Å². The number of benzene rings is 1. The molecule has 0 saturated carbocycles. The van der Waals surface area contributed by atoms with Crippen LogP contribution in [0.2, 0.25) is 0 Å². The third-order valence-corrected chi connectivity index (χ3v) is 2.77. The fourth-order valence-electron chi connectivity index (χ4n) is 1.94. The van der Waals surface area contributed by atoms with E-state index in [1.54, 1.807) is 6.07 Å². The quantitative estimate of drug-likeness (QED) is 0.871. The summed E-state index contributed by atoms with van der Waals surface area (Å²) in [5, 5.41) is 5.81. The van der Waals surface area contributed by atoms with Crippen LogP contribution in [0.5, 0.6) is 5.75 Å². The summed E-state index contributed by atoms with van der Waals surface area (Å²) in [5.41, 5.74) is 0.421. The Bertz CT molecular complexity index is 457. The highest BCUT2D eigenvalue weighted by atomic mass is 35.5. The lowest BCUT2D eigenvalue weighted by Gasteiger charge is -2.23. The molecule has 1 aromatic carbocycles. The van der Waals surface area contributed by atoms with Crippen molar-refractivity contribution >= 4 is 24.0 Å². The van der Waals surface area contributed by atoms with Crippen LogP contribution in [0.3, 0.4) is 0 Å². The van der Waals surface area contributed by atoms with Crippen LogP contribution in [0.25, 0.3) is 0 Å². The second-order valence-electron chi connectivity index (χ2n) is 4.38. The van der Waals surface area contributed by atoms with E-state index in [0.717, 1.165) is 6.54 Å². The van der Waals surface area contributed by atoms with E-state index in [9.17, 15) is 13.6 Å². The van der Waals surface area contributed by atoms with Gasteiger partial charge < -0.3 is 20.1 Å². The Morgan fingerprint density at radius 2 is 2.33 bits per heavy atom. The third-order valence-electron chi connectivity index (χ3n) is 2.77. The minimum atomic E-state index is -2.88. The van der Waals surface area contributed by atoms with Crippen LogP contribution in [-0.4, -0.2) is 38.3 Å². The molecule has 1 atom stereocenters. The zero-order valence-corrected chi connectivity index (χ0v) is 12.0. The lowest BCUT2D eigenvalue weighted by molar-refractivity contribution is -0.117. The third kappa shape index (κ3) is 6.24. The number of carbonyl (C=O) groups is 1. The first-order chi connectivity index (χ1) is 9.63. The molecule has 0 spiro atoms. The Hall–Kier alpha value is -1.44. The van der Waals surface area contributed by atoms with E-state index >= 15 is 0 Å². The van der Waals surface area contributed by atoms with E-state index in [1.165, 1.54) is 18.2 Å². The van der Waals surface area contributed by atoms with Crippen molar-refractivity contribution in [2.24, 2.45) is 0 Å². The Labute approximate surface area is 127 Å². The topological polar surface area (TPSA) is 59.6 Å². The molecule has 1 aromatic rings. The van der Waals surface area contributed by atoms with Crippen molar-refractivity contribution in [1.29, 1.82) is 0 Å². The number of morpholine rings is 1. The predicted molar refractivity (Wildman–Crippen MR) is 76.2 cm³/mol. The second kappa shape index (κ2) is 8.76. The molecule has 1 amide bonds. The fourth-order valence-corrected chi connectivity index (χ4v) is 1.94. The minimum absolute atomic E-state index is 0. The van der Waals surface area contributed by atoms with Crippen LogP contribution in [-0.2, 0) is 9.53 Å². The van der Waals surface area contributed by atoms with Gasteiger partial charge in [-0.1, -0.05) is 6.07 Å². The zero-order valence-electron chi connectivity index (χ0n) is 11.2. The second-order valence-corrected chi connectivity index (χ2v) is 4.38. The SMILES string of the molecule is Cl.O=C(CC1COCCN1)Nc1cccc(OC(F)F)c1. The van der Waals surface area contributed by atoms with E-state index in [-0.39, 0.29) is 36.5 Å². The van der Waals surface area contributed by atoms with Crippen molar-refractivity contribution in [3.8, 4) is 5.75 Å². The first-order valence-electron chi connectivity index (χ1n) is 6.29. The van der Waals surface area contributed by atoms with E-state index in [2.05, 4.69) is 15.4 Å². The summed E-state index contributed by atoms with van der Waals surface area (Å²) in [5.74, 6) is -0.195. The Morgan fingerprint density at radius 3 is 3.00 bits per heavy atom. The number of alkyl halides is 2. The average molecular weight is 323 g/mol. The van der Waals surface area contributed by atoms with Crippen molar-refractivity contribution in [3.63, 3.8) is 0 Å². The number of amides is 1. The van der Waals surface area contributed by atoms with Gasteiger partial charge in [0.2, 0.25) is 5.91 Å². The summed E-state index contributed by atoms with van der Waals surface area (Å²) >= 11 is 0. The normalized spacial score (nSPS) is 18.0. The smallest absolute Gasteiger partial charge is 0.387 e. The van der Waals surface area contributed by atoms with Gasteiger partial charge >= 0.3 is 6.61 Å². The zero-order chi connectivity index (χ0) is 14.4. The maximum atomic E-state index is 12.1. The molecular weight excluding hydrogens is 306 g/mol. The van der Waals surface area contributed by atoms with Crippen molar-refractivity contribution in [3.05, 3.63) is 24.3 Å². The van der Waals surface area contributed by atoms with E-state index < -0.39 is 6.61 Å². The maximum Gasteiger partial charge on any atom is 0.387 e. The number of hydrogen-bond donors (Lipinski definition) is 2. The van der Waals surface area contributed by atoms with Crippen LogP contribution < -0.4 is 15.4 Å². The summed E-state index contributed by atoms with van der Waals surface area (Å²) in [6, 6.07) is 5.88. The number of rotatable bonds is 5. The van der Waals surface area contributed by atoms with Crippen LogP contribution in [0.4, 0.5) is 14.5 Å². The van der Waals surface area contributed by atoms with Gasteiger partial charge in [-0.05, 0) is 12.1 Å². The lowest BCUT2D eigenvalue weighted by Crippen LogP contribution is -2.43. The molecule has 118 valence electrons. The van der Waals surface area contributed by atoms with Crippen molar-refractivity contribution in [2.75, 3.05) is 25.1 Å². The largest absolute Gasteiger partial charge is 0.435 e. The molecular formula is C13H17ClF2N2O3. The van der Waals surface area contributed by atoms with Gasteiger partial charge in [0, 0.05) is 30.8 Å². The number of halogens is 3. The molecule has 2 N–H and O–H groups in total.